The van der Waals surface area contributed by atoms with Gasteiger partial charge in [0.05, 0.1) is 5.71 Å². The Kier molecular flexibility index (Phi) is 1.01. The molecule has 2 heteroatoms. The highest BCUT2D eigenvalue weighted by Crippen LogP contribution is 2.32. The minimum Gasteiger partial charge on any atom is -0.395 e. The van der Waals surface area contributed by atoms with Crippen molar-refractivity contribution in [2.75, 3.05) is 6.61 Å². The van der Waals surface area contributed by atoms with Crippen LogP contribution in [0.4, 0.5) is 0 Å². The number of oxime groups is 1. The van der Waals surface area contributed by atoms with E-state index in [2.05, 4.69) is 12.1 Å². The number of hydrogen-bond acceptors (Lipinski definition) is 2. The number of fused-ring (bicyclic) bond motifs is 1. The quantitative estimate of drug-likeness (QED) is 0.479. The number of rotatable bonds is 0. The van der Waals surface area contributed by atoms with Gasteiger partial charge in [0.15, 0.2) is 0 Å². The van der Waals surface area contributed by atoms with Crippen molar-refractivity contribution in [3.63, 3.8) is 0 Å². The Bertz CT molecular complexity index is 153. The lowest BCUT2D eigenvalue weighted by molar-refractivity contribution is 0.141. The summed E-state index contributed by atoms with van der Waals surface area (Å²) in [5.74, 6) is 1.48. The van der Waals surface area contributed by atoms with Crippen LogP contribution < -0.4 is 0 Å². The fourth-order valence-electron chi connectivity index (χ4n) is 1.66. The maximum Gasteiger partial charge on any atom is 0.125 e. The van der Waals surface area contributed by atoms with Crippen molar-refractivity contribution in [3.8, 4) is 0 Å². The molecule has 1 saturated carbocycles. The highest BCUT2D eigenvalue weighted by Gasteiger charge is 2.33. The van der Waals surface area contributed by atoms with Gasteiger partial charge in [0.25, 0.3) is 0 Å². The van der Waals surface area contributed by atoms with Crippen molar-refractivity contribution in [2.45, 2.75) is 19.8 Å². The number of nitrogens with zero attached hydrogens (tertiary/aromatic N) is 1. The molecule has 0 spiro atoms. The van der Waals surface area contributed by atoms with Crippen molar-refractivity contribution >= 4 is 5.71 Å². The average Bonchev–Trinajstić information content (AvgIpc) is 2.35. The first-order chi connectivity index (χ1) is 4.38. The molecule has 1 aliphatic heterocycles. The van der Waals surface area contributed by atoms with Crippen LogP contribution in [0.3, 0.4) is 0 Å². The van der Waals surface area contributed by atoms with E-state index < -0.39 is 0 Å². The predicted molar refractivity (Wildman–Crippen MR) is 35.3 cm³/mol. The third-order valence-corrected chi connectivity index (χ3v) is 2.41. The summed E-state index contributed by atoms with van der Waals surface area (Å²) in [6.07, 6.45) is 2.48. The van der Waals surface area contributed by atoms with Crippen LogP contribution in [0.2, 0.25) is 0 Å². The third-order valence-electron chi connectivity index (χ3n) is 2.41. The maximum atomic E-state index is 4.97. The van der Waals surface area contributed by atoms with Crippen molar-refractivity contribution in [1.82, 2.24) is 0 Å². The van der Waals surface area contributed by atoms with E-state index in [9.17, 15) is 0 Å². The minimum atomic E-state index is 0.671. The minimum absolute atomic E-state index is 0.671. The molecule has 0 unspecified atom stereocenters. The summed E-state index contributed by atoms with van der Waals surface area (Å²) in [7, 11) is 0. The first-order valence-corrected chi connectivity index (χ1v) is 3.56. The van der Waals surface area contributed by atoms with E-state index in [1.54, 1.807) is 0 Å². The van der Waals surface area contributed by atoms with Gasteiger partial charge < -0.3 is 4.84 Å². The molecule has 0 aromatic rings. The summed E-state index contributed by atoms with van der Waals surface area (Å²) < 4.78 is 0. The molecule has 2 nitrogen and oxygen atoms in total. The number of hydrogen-bond donors (Lipinski definition) is 0. The molecule has 0 radical (unpaired) electrons. The van der Waals surface area contributed by atoms with Crippen molar-refractivity contribution in [1.29, 1.82) is 0 Å². The summed E-state index contributed by atoms with van der Waals surface area (Å²) in [6.45, 7) is 3.12. The highest BCUT2D eigenvalue weighted by atomic mass is 16.6. The third kappa shape index (κ3) is 0.655. The smallest absolute Gasteiger partial charge is 0.125 e. The largest absolute Gasteiger partial charge is 0.395 e. The van der Waals surface area contributed by atoms with Crippen molar-refractivity contribution in [2.24, 2.45) is 17.0 Å². The molecule has 2 rings (SSSR count). The van der Waals surface area contributed by atoms with Crippen molar-refractivity contribution < 1.29 is 4.84 Å². The Morgan fingerprint density at radius 2 is 2.56 bits per heavy atom. The molecule has 1 heterocycles. The fourth-order valence-corrected chi connectivity index (χ4v) is 1.66. The van der Waals surface area contributed by atoms with Gasteiger partial charge in [0, 0.05) is 5.92 Å². The van der Waals surface area contributed by atoms with Gasteiger partial charge in [-0.2, -0.15) is 0 Å². The summed E-state index contributed by atoms with van der Waals surface area (Å²) in [4.78, 5) is 4.97. The summed E-state index contributed by atoms with van der Waals surface area (Å²) in [6, 6.07) is 0. The molecule has 9 heavy (non-hydrogen) atoms. The zero-order valence-corrected chi connectivity index (χ0v) is 5.63. The lowest BCUT2D eigenvalue weighted by atomic mass is 9.99. The van der Waals surface area contributed by atoms with E-state index in [0.29, 0.717) is 5.92 Å². The van der Waals surface area contributed by atoms with Gasteiger partial charge in [0.1, 0.15) is 6.61 Å². The second-order valence-electron chi connectivity index (χ2n) is 3.00. The predicted octanol–water partition coefficient (Wildman–Crippen LogP) is 1.42. The Morgan fingerprint density at radius 1 is 1.67 bits per heavy atom. The Hall–Kier alpha value is -0.530. The highest BCUT2D eigenvalue weighted by molar-refractivity contribution is 5.89. The van der Waals surface area contributed by atoms with Crippen LogP contribution in [0.25, 0.3) is 0 Å². The summed E-state index contributed by atoms with van der Waals surface area (Å²) in [5, 5.41) is 3.96. The van der Waals surface area contributed by atoms with E-state index in [4.69, 9.17) is 4.84 Å². The maximum absolute atomic E-state index is 4.97. The molecular formula is C7H11NO. The van der Waals surface area contributed by atoms with Gasteiger partial charge >= 0.3 is 0 Å². The Morgan fingerprint density at radius 3 is 3.33 bits per heavy atom. The van der Waals surface area contributed by atoms with Crippen molar-refractivity contribution in [3.05, 3.63) is 0 Å². The molecule has 2 atom stereocenters. The van der Waals surface area contributed by atoms with Gasteiger partial charge in [-0.1, -0.05) is 12.1 Å². The molecule has 2 aliphatic rings. The van der Waals surface area contributed by atoms with Gasteiger partial charge in [0.2, 0.25) is 0 Å². The van der Waals surface area contributed by atoms with Crippen LogP contribution >= 0.6 is 0 Å². The standard InChI is InChI=1S/C7H11NO/c1-5-2-3-7-6(5)4-9-8-7/h5-6H,2-4H2,1H3/t5-,6+/m0/s1. The first-order valence-electron chi connectivity index (χ1n) is 3.56. The van der Waals surface area contributed by atoms with Crippen LogP contribution in [-0.2, 0) is 4.84 Å². The zero-order valence-electron chi connectivity index (χ0n) is 5.63. The van der Waals surface area contributed by atoms with Gasteiger partial charge in [-0.05, 0) is 18.8 Å². The summed E-state index contributed by atoms with van der Waals surface area (Å²) in [5.41, 5.74) is 1.31. The van der Waals surface area contributed by atoms with Crippen LogP contribution in [-0.4, -0.2) is 12.3 Å². The van der Waals surface area contributed by atoms with E-state index >= 15 is 0 Å². The van der Waals surface area contributed by atoms with Crippen LogP contribution in [0, 0.1) is 11.8 Å². The van der Waals surface area contributed by atoms with Gasteiger partial charge in [-0.15, -0.1) is 0 Å². The SMILES string of the molecule is C[C@H]1CCC2=NOC[C@@H]21. The first kappa shape index (κ1) is 5.27. The van der Waals surface area contributed by atoms with Gasteiger partial charge in [-0.3, -0.25) is 0 Å². The molecule has 1 fully saturated rings. The van der Waals surface area contributed by atoms with E-state index in [1.807, 2.05) is 0 Å². The molecule has 50 valence electrons. The monoisotopic (exact) mass is 125 g/mol. The lowest BCUT2D eigenvalue weighted by Gasteiger charge is -2.05. The topological polar surface area (TPSA) is 21.6 Å². The molecule has 1 aliphatic carbocycles. The van der Waals surface area contributed by atoms with E-state index in [0.717, 1.165) is 12.5 Å². The Balaban J connectivity index is 2.20. The molecule has 0 aromatic carbocycles. The molecule has 0 saturated heterocycles. The molecule has 0 bridgehead atoms. The van der Waals surface area contributed by atoms with Crippen LogP contribution in [0.15, 0.2) is 5.16 Å². The van der Waals surface area contributed by atoms with E-state index in [-0.39, 0.29) is 0 Å². The lowest BCUT2D eigenvalue weighted by Crippen LogP contribution is -2.11. The molecule has 0 amide bonds. The Labute approximate surface area is 54.9 Å². The normalized spacial score (nSPS) is 39.9. The average molecular weight is 125 g/mol. The zero-order chi connectivity index (χ0) is 6.27. The second-order valence-corrected chi connectivity index (χ2v) is 3.00. The fraction of sp³-hybridized carbons (Fsp3) is 0.857. The molecular weight excluding hydrogens is 114 g/mol. The molecule has 0 aromatic heterocycles. The van der Waals surface area contributed by atoms with Crippen LogP contribution in [0.5, 0.6) is 0 Å². The van der Waals surface area contributed by atoms with Gasteiger partial charge in [-0.25, -0.2) is 0 Å². The second kappa shape index (κ2) is 1.72. The molecule has 0 N–H and O–H groups in total. The van der Waals surface area contributed by atoms with Crippen LogP contribution in [0.1, 0.15) is 19.8 Å². The summed E-state index contributed by atoms with van der Waals surface area (Å²) >= 11 is 0. The van der Waals surface area contributed by atoms with E-state index in [1.165, 1.54) is 18.6 Å².